The third-order valence-electron chi connectivity index (χ3n) is 6.86. The summed E-state index contributed by atoms with van der Waals surface area (Å²) in [6.45, 7) is 5.52. The summed E-state index contributed by atoms with van der Waals surface area (Å²) in [6.07, 6.45) is 7.55. The fraction of sp³-hybridized carbons (Fsp3) is 0.778. The molecule has 1 heterocycles. The van der Waals surface area contributed by atoms with Crippen LogP contribution in [0, 0.1) is 37.5 Å². The van der Waals surface area contributed by atoms with Gasteiger partial charge < -0.3 is 9.88 Å². The number of fused-ring (bicyclic) bond motifs is 5. The van der Waals surface area contributed by atoms with Crippen LogP contribution in [0.5, 0.6) is 0 Å². The average molecular weight is 272 g/mol. The Kier molecular flexibility index (Phi) is 2.99. The highest BCUT2D eigenvalue weighted by atomic mass is 15.0. The fourth-order valence-electron chi connectivity index (χ4n) is 5.66. The van der Waals surface area contributed by atoms with Gasteiger partial charge in [0.25, 0.3) is 0 Å². The Morgan fingerprint density at radius 2 is 1.95 bits per heavy atom. The molecule has 1 aromatic rings. The third kappa shape index (κ3) is 1.80. The summed E-state index contributed by atoms with van der Waals surface area (Å²) in [5.41, 5.74) is 4.30. The summed E-state index contributed by atoms with van der Waals surface area (Å²) < 4.78 is 2.31. The minimum atomic E-state index is 0.805. The molecule has 110 valence electrons. The lowest BCUT2D eigenvalue weighted by atomic mass is 9.79. The SMILES string of the molecule is Cc1cc(CNC2CC3CC2C2CCCC32)c(C)n1C. The summed E-state index contributed by atoms with van der Waals surface area (Å²) >= 11 is 0. The Labute approximate surface area is 122 Å². The zero-order chi connectivity index (χ0) is 13.9. The molecule has 4 rings (SSSR count). The van der Waals surface area contributed by atoms with Crippen LogP contribution in [0.1, 0.15) is 49.1 Å². The molecule has 3 aliphatic carbocycles. The Morgan fingerprint density at radius 3 is 2.70 bits per heavy atom. The quantitative estimate of drug-likeness (QED) is 0.890. The zero-order valence-electron chi connectivity index (χ0n) is 13.2. The van der Waals surface area contributed by atoms with Crippen molar-refractivity contribution >= 4 is 0 Å². The van der Waals surface area contributed by atoms with Crippen molar-refractivity contribution in [3.05, 3.63) is 23.0 Å². The first-order valence-corrected chi connectivity index (χ1v) is 8.50. The molecule has 0 radical (unpaired) electrons. The van der Waals surface area contributed by atoms with Crippen LogP contribution in [0.15, 0.2) is 6.07 Å². The molecule has 0 amide bonds. The van der Waals surface area contributed by atoms with Gasteiger partial charge in [0.2, 0.25) is 0 Å². The summed E-state index contributed by atoms with van der Waals surface area (Å²) in [5, 5.41) is 3.91. The van der Waals surface area contributed by atoms with Crippen LogP contribution in [0.2, 0.25) is 0 Å². The highest BCUT2D eigenvalue weighted by Gasteiger charge is 2.53. The van der Waals surface area contributed by atoms with Crippen molar-refractivity contribution in [2.24, 2.45) is 30.7 Å². The van der Waals surface area contributed by atoms with E-state index in [-0.39, 0.29) is 0 Å². The van der Waals surface area contributed by atoms with Gasteiger partial charge in [0.1, 0.15) is 0 Å². The van der Waals surface area contributed by atoms with Gasteiger partial charge in [-0.1, -0.05) is 6.42 Å². The molecule has 5 atom stereocenters. The number of hydrogen-bond donors (Lipinski definition) is 1. The molecule has 0 spiro atoms. The largest absolute Gasteiger partial charge is 0.352 e. The molecule has 5 unspecified atom stereocenters. The van der Waals surface area contributed by atoms with Crippen LogP contribution in [-0.2, 0) is 13.6 Å². The van der Waals surface area contributed by atoms with E-state index in [4.69, 9.17) is 0 Å². The van der Waals surface area contributed by atoms with Gasteiger partial charge in [-0.2, -0.15) is 0 Å². The first-order chi connectivity index (χ1) is 9.65. The van der Waals surface area contributed by atoms with Gasteiger partial charge in [-0.25, -0.2) is 0 Å². The highest BCUT2D eigenvalue weighted by Crippen LogP contribution is 2.58. The van der Waals surface area contributed by atoms with Crippen molar-refractivity contribution in [1.82, 2.24) is 9.88 Å². The smallest absolute Gasteiger partial charge is 0.0226 e. The predicted octanol–water partition coefficient (Wildman–Crippen LogP) is 3.56. The lowest BCUT2D eigenvalue weighted by Crippen LogP contribution is -2.38. The number of hydrogen-bond acceptors (Lipinski definition) is 1. The monoisotopic (exact) mass is 272 g/mol. The van der Waals surface area contributed by atoms with Crippen LogP contribution in [-0.4, -0.2) is 10.6 Å². The maximum atomic E-state index is 3.91. The second-order valence-electron chi connectivity index (χ2n) is 7.60. The Morgan fingerprint density at radius 1 is 1.15 bits per heavy atom. The summed E-state index contributed by atoms with van der Waals surface area (Å²) in [7, 11) is 2.18. The van der Waals surface area contributed by atoms with Crippen molar-refractivity contribution in [2.75, 3.05) is 0 Å². The van der Waals surface area contributed by atoms with Crippen LogP contribution < -0.4 is 5.32 Å². The van der Waals surface area contributed by atoms with Gasteiger partial charge in [-0.05, 0) is 74.8 Å². The average Bonchev–Trinajstić information content (AvgIpc) is 3.15. The molecular formula is C18H28N2. The molecule has 3 fully saturated rings. The number of rotatable bonds is 3. The highest BCUT2D eigenvalue weighted by molar-refractivity contribution is 5.26. The normalized spacial score (nSPS) is 38.6. The van der Waals surface area contributed by atoms with E-state index in [1.165, 1.54) is 49.1 Å². The third-order valence-corrected chi connectivity index (χ3v) is 6.86. The van der Waals surface area contributed by atoms with Crippen molar-refractivity contribution in [1.29, 1.82) is 0 Å². The minimum absolute atomic E-state index is 0.805. The summed E-state index contributed by atoms with van der Waals surface area (Å²) in [4.78, 5) is 0. The van der Waals surface area contributed by atoms with Crippen LogP contribution in [0.3, 0.4) is 0 Å². The van der Waals surface area contributed by atoms with Crippen LogP contribution >= 0.6 is 0 Å². The maximum Gasteiger partial charge on any atom is 0.0226 e. The van der Waals surface area contributed by atoms with E-state index in [0.29, 0.717) is 0 Å². The van der Waals surface area contributed by atoms with Gasteiger partial charge in [0.05, 0.1) is 0 Å². The number of aryl methyl sites for hydroxylation is 1. The molecule has 2 bridgehead atoms. The molecule has 2 heteroatoms. The molecular weight excluding hydrogens is 244 g/mol. The minimum Gasteiger partial charge on any atom is -0.352 e. The van der Waals surface area contributed by atoms with E-state index in [1.54, 1.807) is 0 Å². The number of nitrogens with zero attached hydrogens (tertiary/aromatic N) is 1. The lowest BCUT2D eigenvalue weighted by Gasteiger charge is -2.32. The molecule has 0 aromatic carbocycles. The molecule has 1 aromatic heterocycles. The standard InChI is InChI=1S/C18H28N2/c1-11-7-14(12(2)20(11)3)10-19-18-9-13-8-17(18)16-6-4-5-15(13)16/h7,13,15-19H,4-6,8-10H2,1-3H3. The molecule has 1 N–H and O–H groups in total. The van der Waals surface area contributed by atoms with E-state index in [0.717, 1.165) is 36.3 Å². The van der Waals surface area contributed by atoms with E-state index in [9.17, 15) is 0 Å². The fourth-order valence-corrected chi connectivity index (χ4v) is 5.66. The predicted molar refractivity (Wildman–Crippen MR) is 82.6 cm³/mol. The van der Waals surface area contributed by atoms with Crippen LogP contribution in [0.4, 0.5) is 0 Å². The lowest BCUT2D eigenvalue weighted by molar-refractivity contribution is 0.208. The van der Waals surface area contributed by atoms with E-state index in [2.05, 4.69) is 36.8 Å². The van der Waals surface area contributed by atoms with E-state index >= 15 is 0 Å². The van der Waals surface area contributed by atoms with Crippen molar-refractivity contribution in [3.8, 4) is 0 Å². The van der Waals surface area contributed by atoms with Crippen LogP contribution in [0.25, 0.3) is 0 Å². The summed E-state index contributed by atoms with van der Waals surface area (Å²) in [5.74, 6) is 4.24. The molecule has 0 saturated heterocycles. The van der Waals surface area contributed by atoms with Crippen molar-refractivity contribution < 1.29 is 0 Å². The van der Waals surface area contributed by atoms with E-state index in [1.807, 2.05) is 0 Å². The molecule has 20 heavy (non-hydrogen) atoms. The van der Waals surface area contributed by atoms with Crippen molar-refractivity contribution in [3.63, 3.8) is 0 Å². The van der Waals surface area contributed by atoms with Crippen molar-refractivity contribution in [2.45, 2.75) is 58.5 Å². The first-order valence-electron chi connectivity index (χ1n) is 8.50. The maximum absolute atomic E-state index is 3.91. The number of aromatic nitrogens is 1. The molecule has 3 saturated carbocycles. The van der Waals surface area contributed by atoms with Gasteiger partial charge in [0, 0.05) is 31.0 Å². The zero-order valence-corrected chi connectivity index (χ0v) is 13.2. The molecule has 0 aliphatic heterocycles. The van der Waals surface area contributed by atoms with Gasteiger partial charge >= 0.3 is 0 Å². The summed E-state index contributed by atoms with van der Waals surface area (Å²) in [6, 6.07) is 3.16. The van der Waals surface area contributed by atoms with Gasteiger partial charge in [0.15, 0.2) is 0 Å². The second kappa shape index (κ2) is 4.62. The van der Waals surface area contributed by atoms with E-state index < -0.39 is 0 Å². The van der Waals surface area contributed by atoms with Gasteiger partial charge in [-0.3, -0.25) is 0 Å². The Bertz CT molecular complexity index is 516. The Hall–Kier alpha value is -0.760. The first kappa shape index (κ1) is 12.9. The second-order valence-corrected chi connectivity index (χ2v) is 7.60. The topological polar surface area (TPSA) is 17.0 Å². The molecule has 2 nitrogen and oxygen atoms in total. The van der Waals surface area contributed by atoms with Gasteiger partial charge in [-0.15, -0.1) is 0 Å². The Balaban J connectivity index is 1.42. The molecule has 3 aliphatic rings. The number of nitrogens with one attached hydrogen (secondary N) is 1.